The van der Waals surface area contributed by atoms with Gasteiger partial charge >= 0.3 is 0 Å². The zero-order valence-corrected chi connectivity index (χ0v) is 17.4. The van der Waals surface area contributed by atoms with Crippen LogP contribution in [0.1, 0.15) is 21.9 Å². The lowest BCUT2D eigenvalue weighted by Crippen LogP contribution is -2.49. The van der Waals surface area contributed by atoms with Crippen LogP contribution in [-0.4, -0.2) is 95.0 Å². The second-order valence-electron chi connectivity index (χ2n) is 7.78. The van der Waals surface area contributed by atoms with E-state index in [-0.39, 0.29) is 5.91 Å². The van der Waals surface area contributed by atoms with Gasteiger partial charge in [0, 0.05) is 70.3 Å². The Balaban J connectivity index is 1.41. The number of amides is 1. The van der Waals surface area contributed by atoms with Crippen molar-refractivity contribution in [2.24, 2.45) is 0 Å². The summed E-state index contributed by atoms with van der Waals surface area (Å²) in [6.45, 7) is 10.6. The Hall–Kier alpha value is -2.81. The maximum Gasteiger partial charge on any atom is 0.274 e. The number of rotatable bonds is 3. The molecule has 0 atom stereocenters. The lowest BCUT2D eigenvalue weighted by atomic mass is 10.2. The molecule has 2 aliphatic heterocycles. The fraction of sp³-hybridized carbons (Fsp3) is 0.550. The molecule has 0 unspecified atom stereocenters. The molecular weight excluding hydrogens is 368 g/mol. The largest absolute Gasteiger partial charge is 0.354 e. The Morgan fingerprint density at radius 3 is 2.17 bits per heavy atom. The molecule has 1 amide bonds. The summed E-state index contributed by atoms with van der Waals surface area (Å²) in [6.07, 6.45) is 3.18. The molecule has 0 radical (unpaired) electrons. The van der Waals surface area contributed by atoms with Gasteiger partial charge in [-0.2, -0.15) is 4.98 Å². The Kier molecular flexibility index (Phi) is 5.57. The highest BCUT2D eigenvalue weighted by molar-refractivity contribution is 5.92. The van der Waals surface area contributed by atoms with E-state index < -0.39 is 0 Å². The minimum Gasteiger partial charge on any atom is -0.354 e. The van der Waals surface area contributed by atoms with Crippen LogP contribution >= 0.6 is 0 Å². The van der Waals surface area contributed by atoms with Crippen molar-refractivity contribution >= 4 is 17.7 Å². The molecule has 0 N–H and O–H groups in total. The molecule has 4 heterocycles. The fourth-order valence-electron chi connectivity index (χ4n) is 3.65. The Bertz CT molecular complexity index is 855. The summed E-state index contributed by atoms with van der Waals surface area (Å²) in [5.41, 5.74) is 2.17. The van der Waals surface area contributed by atoms with Crippen LogP contribution in [0.25, 0.3) is 0 Å². The zero-order chi connectivity index (χ0) is 20.4. The van der Waals surface area contributed by atoms with Gasteiger partial charge in [-0.15, -0.1) is 0 Å². The van der Waals surface area contributed by atoms with E-state index in [0.717, 1.165) is 49.3 Å². The smallest absolute Gasteiger partial charge is 0.274 e. The summed E-state index contributed by atoms with van der Waals surface area (Å²) in [4.78, 5) is 39.2. The number of nitrogens with zero attached hydrogens (tertiary/aromatic N) is 8. The third-order valence-corrected chi connectivity index (χ3v) is 5.51. The van der Waals surface area contributed by atoms with Crippen molar-refractivity contribution in [2.45, 2.75) is 13.8 Å². The van der Waals surface area contributed by atoms with E-state index >= 15 is 0 Å². The number of hydrogen-bond donors (Lipinski definition) is 0. The quantitative estimate of drug-likeness (QED) is 0.746. The molecular formula is C20H28N8O. The van der Waals surface area contributed by atoms with Gasteiger partial charge in [0.15, 0.2) is 0 Å². The van der Waals surface area contributed by atoms with Crippen LogP contribution in [-0.2, 0) is 0 Å². The lowest BCUT2D eigenvalue weighted by molar-refractivity contribution is 0.0739. The Morgan fingerprint density at radius 2 is 1.52 bits per heavy atom. The molecule has 0 bridgehead atoms. The molecule has 2 aromatic rings. The number of aromatic nitrogens is 4. The molecule has 0 spiro atoms. The van der Waals surface area contributed by atoms with E-state index in [9.17, 15) is 4.79 Å². The minimum atomic E-state index is -0.0690. The van der Waals surface area contributed by atoms with E-state index in [0.29, 0.717) is 31.9 Å². The number of anilines is 2. The summed E-state index contributed by atoms with van der Waals surface area (Å²) in [6, 6.07) is 2.06. The third kappa shape index (κ3) is 4.45. The molecule has 4 rings (SSSR count). The van der Waals surface area contributed by atoms with Gasteiger partial charge < -0.3 is 19.6 Å². The van der Waals surface area contributed by atoms with Crippen LogP contribution in [0, 0.1) is 13.8 Å². The van der Waals surface area contributed by atoms with Gasteiger partial charge in [0.25, 0.3) is 5.91 Å². The highest BCUT2D eigenvalue weighted by Gasteiger charge is 2.25. The SMILES string of the molecule is Cc1cnc(C(=O)N2CCN(c3nc(C)cc(N4CCN(C)CC4)n3)CC2)cn1. The van der Waals surface area contributed by atoms with Crippen molar-refractivity contribution in [2.75, 3.05) is 69.2 Å². The highest BCUT2D eigenvalue weighted by Crippen LogP contribution is 2.20. The first-order valence-corrected chi connectivity index (χ1v) is 10.1. The number of aryl methyl sites for hydroxylation is 2. The van der Waals surface area contributed by atoms with Crippen molar-refractivity contribution < 1.29 is 4.79 Å². The standard InChI is InChI=1S/C20H28N8O/c1-15-12-18(26-6-4-25(3)5-7-26)24-20(23-15)28-10-8-27(9-11-28)19(29)17-14-21-16(2)13-22-17/h12-14H,4-11H2,1-3H3. The molecule has 9 nitrogen and oxygen atoms in total. The van der Waals surface area contributed by atoms with Crippen molar-refractivity contribution in [3.05, 3.63) is 35.5 Å². The summed E-state index contributed by atoms with van der Waals surface area (Å²) in [5, 5.41) is 0. The summed E-state index contributed by atoms with van der Waals surface area (Å²) in [5.74, 6) is 1.68. The normalized spacial score (nSPS) is 18.2. The number of likely N-dealkylation sites (N-methyl/N-ethyl adjacent to an activating group) is 1. The van der Waals surface area contributed by atoms with Crippen LogP contribution in [0.5, 0.6) is 0 Å². The first kappa shape index (κ1) is 19.5. The molecule has 0 saturated carbocycles. The second kappa shape index (κ2) is 8.28. The van der Waals surface area contributed by atoms with E-state index in [2.05, 4.69) is 42.8 Å². The third-order valence-electron chi connectivity index (χ3n) is 5.51. The van der Waals surface area contributed by atoms with Gasteiger partial charge in [-0.25, -0.2) is 9.97 Å². The zero-order valence-electron chi connectivity index (χ0n) is 17.4. The van der Waals surface area contributed by atoms with Crippen LogP contribution in [0.15, 0.2) is 18.5 Å². The van der Waals surface area contributed by atoms with E-state index in [1.54, 1.807) is 12.4 Å². The number of hydrogen-bond acceptors (Lipinski definition) is 8. The van der Waals surface area contributed by atoms with Crippen molar-refractivity contribution in [1.29, 1.82) is 0 Å². The Morgan fingerprint density at radius 1 is 0.828 bits per heavy atom. The van der Waals surface area contributed by atoms with Crippen LogP contribution in [0.3, 0.4) is 0 Å². The second-order valence-corrected chi connectivity index (χ2v) is 7.78. The van der Waals surface area contributed by atoms with Gasteiger partial charge in [0.05, 0.1) is 11.9 Å². The number of piperazine rings is 2. The molecule has 2 fully saturated rings. The monoisotopic (exact) mass is 396 g/mol. The van der Waals surface area contributed by atoms with Gasteiger partial charge in [-0.3, -0.25) is 9.78 Å². The minimum absolute atomic E-state index is 0.0690. The average Bonchev–Trinajstić information content (AvgIpc) is 2.74. The maximum absolute atomic E-state index is 12.7. The van der Waals surface area contributed by atoms with Gasteiger partial charge in [-0.1, -0.05) is 0 Å². The van der Waals surface area contributed by atoms with Crippen LogP contribution in [0.2, 0.25) is 0 Å². The van der Waals surface area contributed by atoms with Crippen molar-refractivity contribution in [3.8, 4) is 0 Å². The van der Waals surface area contributed by atoms with E-state index in [4.69, 9.17) is 4.98 Å². The number of carbonyl (C=O) groups excluding carboxylic acids is 1. The highest BCUT2D eigenvalue weighted by atomic mass is 16.2. The van der Waals surface area contributed by atoms with E-state index in [1.807, 2.05) is 18.7 Å². The molecule has 9 heteroatoms. The van der Waals surface area contributed by atoms with Gasteiger partial charge in [0.1, 0.15) is 11.5 Å². The molecule has 154 valence electrons. The van der Waals surface area contributed by atoms with Crippen molar-refractivity contribution in [1.82, 2.24) is 29.7 Å². The predicted molar refractivity (Wildman–Crippen MR) is 111 cm³/mol. The van der Waals surface area contributed by atoms with Crippen LogP contribution in [0.4, 0.5) is 11.8 Å². The average molecular weight is 396 g/mol. The number of carbonyl (C=O) groups is 1. The molecule has 2 saturated heterocycles. The molecule has 29 heavy (non-hydrogen) atoms. The maximum atomic E-state index is 12.7. The molecule has 2 aromatic heterocycles. The van der Waals surface area contributed by atoms with Crippen LogP contribution < -0.4 is 9.80 Å². The van der Waals surface area contributed by atoms with Gasteiger partial charge in [-0.05, 0) is 20.9 Å². The summed E-state index contributed by atoms with van der Waals surface area (Å²) < 4.78 is 0. The topological polar surface area (TPSA) is 81.6 Å². The first-order chi connectivity index (χ1) is 14.0. The predicted octanol–water partition coefficient (Wildman–Crippen LogP) is 0.598. The first-order valence-electron chi connectivity index (χ1n) is 10.1. The lowest BCUT2D eigenvalue weighted by Gasteiger charge is -2.36. The molecule has 0 aromatic carbocycles. The Labute approximate surface area is 171 Å². The summed E-state index contributed by atoms with van der Waals surface area (Å²) in [7, 11) is 2.15. The van der Waals surface area contributed by atoms with Crippen molar-refractivity contribution in [3.63, 3.8) is 0 Å². The summed E-state index contributed by atoms with van der Waals surface area (Å²) >= 11 is 0. The molecule has 0 aliphatic carbocycles. The fourth-order valence-corrected chi connectivity index (χ4v) is 3.65. The van der Waals surface area contributed by atoms with E-state index in [1.165, 1.54) is 0 Å². The molecule has 2 aliphatic rings. The van der Waals surface area contributed by atoms with Gasteiger partial charge in [0.2, 0.25) is 5.95 Å².